The van der Waals surface area contributed by atoms with E-state index in [1.807, 2.05) is 67.8 Å². The summed E-state index contributed by atoms with van der Waals surface area (Å²) >= 11 is 0. The number of piperidine rings is 1. The lowest BCUT2D eigenvalue weighted by molar-refractivity contribution is 0.0887. The maximum absolute atomic E-state index is 13.0. The molecule has 2 aromatic heterocycles. The molecule has 1 aliphatic heterocycles. The van der Waals surface area contributed by atoms with Gasteiger partial charge in [-0.2, -0.15) is 0 Å². The average molecular weight is 401 g/mol. The molecule has 154 valence electrons. The predicted molar refractivity (Wildman–Crippen MR) is 118 cm³/mol. The molecule has 5 heteroatoms. The Morgan fingerprint density at radius 3 is 2.57 bits per heavy atom. The zero-order chi connectivity index (χ0) is 20.8. The molecule has 0 saturated carbocycles. The van der Waals surface area contributed by atoms with Crippen LogP contribution >= 0.6 is 0 Å². The first-order chi connectivity index (χ1) is 14.7. The molecule has 5 nitrogen and oxygen atoms in total. The van der Waals surface area contributed by atoms with E-state index in [1.165, 1.54) is 5.56 Å². The Labute approximate surface area is 178 Å². The van der Waals surface area contributed by atoms with Gasteiger partial charge in [0.25, 0.3) is 5.91 Å². The molecular weight excluding hydrogens is 372 g/mol. The molecule has 1 fully saturated rings. The van der Waals surface area contributed by atoms with Crippen molar-refractivity contribution < 1.29 is 4.79 Å². The second kappa shape index (κ2) is 9.63. The molecule has 0 unspecified atom stereocenters. The van der Waals surface area contributed by atoms with E-state index in [4.69, 9.17) is 0 Å². The molecule has 3 heterocycles. The summed E-state index contributed by atoms with van der Waals surface area (Å²) in [5.41, 5.74) is 3.89. The Kier molecular flexibility index (Phi) is 6.50. The summed E-state index contributed by atoms with van der Waals surface area (Å²) < 4.78 is 0. The van der Waals surface area contributed by atoms with Crippen molar-refractivity contribution in [2.75, 3.05) is 13.1 Å². The molecule has 1 amide bonds. The number of aromatic nitrogens is 2. The Hall–Kier alpha value is -3.05. The lowest BCUT2D eigenvalue weighted by Crippen LogP contribution is -2.41. The molecule has 30 heavy (non-hydrogen) atoms. The van der Waals surface area contributed by atoms with Gasteiger partial charge >= 0.3 is 0 Å². The SMILES string of the molecule is Cc1ccccc1C(=O)N[C@@H](c1ccccn1)C1CCN(Cc2cccnc2)CC1. The fourth-order valence-corrected chi connectivity index (χ4v) is 4.23. The van der Waals surface area contributed by atoms with Gasteiger partial charge in [0, 0.05) is 30.7 Å². The number of likely N-dealkylation sites (tertiary alicyclic amines) is 1. The van der Waals surface area contributed by atoms with Crippen LogP contribution in [0.15, 0.2) is 73.2 Å². The first-order valence-corrected chi connectivity index (χ1v) is 10.6. The van der Waals surface area contributed by atoms with Crippen molar-refractivity contribution in [3.63, 3.8) is 0 Å². The number of benzene rings is 1. The molecule has 1 N–H and O–H groups in total. The number of hydrogen-bond acceptors (Lipinski definition) is 4. The third-order valence-corrected chi connectivity index (χ3v) is 5.92. The standard InChI is InChI=1S/C25H28N4O/c1-19-7-2-3-9-22(19)25(30)28-24(23-10-4-5-14-27-23)21-11-15-29(16-12-21)18-20-8-6-13-26-17-20/h2-10,13-14,17,21,24H,11-12,15-16,18H2,1H3,(H,28,30)/t24-/m1/s1. The third-order valence-electron chi connectivity index (χ3n) is 5.92. The highest BCUT2D eigenvalue weighted by Gasteiger charge is 2.30. The number of aryl methyl sites for hydroxylation is 1. The number of pyridine rings is 2. The highest BCUT2D eigenvalue weighted by molar-refractivity contribution is 5.95. The van der Waals surface area contributed by atoms with Crippen LogP contribution < -0.4 is 5.32 Å². The Morgan fingerprint density at radius 1 is 1.07 bits per heavy atom. The summed E-state index contributed by atoms with van der Waals surface area (Å²) in [6.07, 6.45) is 7.60. The number of hydrogen-bond donors (Lipinski definition) is 1. The van der Waals surface area contributed by atoms with Crippen LogP contribution in [0.2, 0.25) is 0 Å². The maximum Gasteiger partial charge on any atom is 0.252 e. The van der Waals surface area contributed by atoms with E-state index >= 15 is 0 Å². The van der Waals surface area contributed by atoms with Gasteiger partial charge < -0.3 is 5.32 Å². The zero-order valence-electron chi connectivity index (χ0n) is 17.4. The largest absolute Gasteiger partial charge is 0.343 e. The monoisotopic (exact) mass is 400 g/mol. The maximum atomic E-state index is 13.0. The van der Waals surface area contributed by atoms with Crippen molar-refractivity contribution in [1.82, 2.24) is 20.2 Å². The third kappa shape index (κ3) is 4.92. The minimum absolute atomic E-state index is 0.0263. The van der Waals surface area contributed by atoms with E-state index in [-0.39, 0.29) is 11.9 Å². The van der Waals surface area contributed by atoms with Gasteiger partial charge in [-0.3, -0.25) is 19.7 Å². The summed E-state index contributed by atoms with van der Waals surface area (Å²) in [5, 5.41) is 3.29. The zero-order valence-corrected chi connectivity index (χ0v) is 17.4. The van der Waals surface area contributed by atoms with E-state index in [9.17, 15) is 4.79 Å². The minimum atomic E-state index is -0.0844. The number of nitrogens with zero attached hydrogens (tertiary/aromatic N) is 3. The van der Waals surface area contributed by atoms with Crippen molar-refractivity contribution in [1.29, 1.82) is 0 Å². The molecule has 1 atom stereocenters. The molecular formula is C25H28N4O. The summed E-state index contributed by atoms with van der Waals surface area (Å²) in [6, 6.07) is 17.7. The van der Waals surface area contributed by atoms with Crippen molar-refractivity contribution in [2.24, 2.45) is 5.92 Å². The van der Waals surface area contributed by atoms with Gasteiger partial charge in [-0.15, -0.1) is 0 Å². The van der Waals surface area contributed by atoms with Crippen LogP contribution in [0.25, 0.3) is 0 Å². The van der Waals surface area contributed by atoms with Crippen LogP contribution in [0.1, 0.15) is 46.1 Å². The van der Waals surface area contributed by atoms with Crippen LogP contribution in [-0.4, -0.2) is 33.9 Å². The van der Waals surface area contributed by atoms with Gasteiger partial charge in [-0.05, 0) is 74.2 Å². The Balaban J connectivity index is 1.46. The highest BCUT2D eigenvalue weighted by Crippen LogP contribution is 2.31. The van der Waals surface area contributed by atoms with Crippen LogP contribution in [-0.2, 0) is 6.54 Å². The van der Waals surface area contributed by atoms with Crippen LogP contribution in [0.5, 0.6) is 0 Å². The van der Waals surface area contributed by atoms with Crippen LogP contribution in [0, 0.1) is 12.8 Å². The van der Waals surface area contributed by atoms with E-state index < -0.39 is 0 Å². The number of nitrogens with one attached hydrogen (secondary N) is 1. The average Bonchev–Trinajstić information content (AvgIpc) is 2.79. The van der Waals surface area contributed by atoms with Crippen molar-refractivity contribution >= 4 is 5.91 Å². The first kappa shape index (κ1) is 20.2. The van der Waals surface area contributed by atoms with Crippen molar-refractivity contribution in [3.8, 4) is 0 Å². The second-order valence-corrected chi connectivity index (χ2v) is 8.00. The van der Waals surface area contributed by atoms with E-state index in [0.717, 1.165) is 49.3 Å². The predicted octanol–water partition coefficient (Wildman–Crippen LogP) is 4.17. The van der Waals surface area contributed by atoms with E-state index in [0.29, 0.717) is 5.92 Å². The van der Waals surface area contributed by atoms with Crippen molar-refractivity contribution in [2.45, 2.75) is 32.4 Å². The minimum Gasteiger partial charge on any atom is -0.343 e. The lowest BCUT2D eigenvalue weighted by atomic mass is 9.86. The second-order valence-electron chi connectivity index (χ2n) is 8.00. The number of amides is 1. The quantitative estimate of drug-likeness (QED) is 0.675. The van der Waals surface area contributed by atoms with Crippen molar-refractivity contribution in [3.05, 3.63) is 95.6 Å². The lowest BCUT2D eigenvalue weighted by Gasteiger charge is -2.36. The topological polar surface area (TPSA) is 58.1 Å². The first-order valence-electron chi connectivity index (χ1n) is 10.6. The van der Waals surface area contributed by atoms with E-state index in [1.54, 1.807) is 6.20 Å². The highest BCUT2D eigenvalue weighted by atomic mass is 16.1. The summed E-state index contributed by atoms with van der Waals surface area (Å²) in [4.78, 5) is 24.3. The molecule has 0 aliphatic carbocycles. The van der Waals surface area contributed by atoms with Crippen LogP contribution in [0.3, 0.4) is 0 Å². The smallest absolute Gasteiger partial charge is 0.252 e. The van der Waals surface area contributed by atoms with Gasteiger partial charge in [0.1, 0.15) is 0 Å². The molecule has 1 aliphatic rings. The fraction of sp³-hybridized carbons (Fsp3) is 0.320. The Bertz CT molecular complexity index is 953. The summed E-state index contributed by atoms with van der Waals surface area (Å²) in [5.74, 6) is 0.333. The molecule has 1 aromatic carbocycles. The van der Waals surface area contributed by atoms with Gasteiger partial charge in [0.15, 0.2) is 0 Å². The van der Waals surface area contributed by atoms with Gasteiger partial charge in [-0.1, -0.05) is 30.3 Å². The molecule has 3 aromatic rings. The van der Waals surface area contributed by atoms with E-state index in [2.05, 4.69) is 26.3 Å². The molecule has 0 bridgehead atoms. The number of rotatable bonds is 6. The normalized spacial score (nSPS) is 16.2. The van der Waals surface area contributed by atoms with Gasteiger partial charge in [-0.25, -0.2) is 0 Å². The number of carbonyl (C=O) groups is 1. The molecule has 4 rings (SSSR count). The van der Waals surface area contributed by atoms with Gasteiger partial charge in [0.05, 0.1) is 11.7 Å². The van der Waals surface area contributed by atoms with Crippen LogP contribution in [0.4, 0.5) is 0 Å². The molecule has 0 spiro atoms. The molecule has 0 radical (unpaired) electrons. The fourth-order valence-electron chi connectivity index (χ4n) is 4.23. The summed E-state index contributed by atoms with van der Waals surface area (Å²) in [7, 11) is 0. The Morgan fingerprint density at radius 2 is 1.87 bits per heavy atom. The molecule has 1 saturated heterocycles. The van der Waals surface area contributed by atoms with Gasteiger partial charge in [0.2, 0.25) is 0 Å². The number of carbonyl (C=O) groups excluding carboxylic acids is 1. The summed E-state index contributed by atoms with van der Waals surface area (Å²) in [6.45, 7) is 4.90.